The lowest BCUT2D eigenvalue weighted by atomic mass is 9.97. The smallest absolute Gasteiger partial charge is 0.231 e. The zero-order chi connectivity index (χ0) is 15.2. The third-order valence-corrected chi connectivity index (χ3v) is 3.48. The van der Waals surface area contributed by atoms with Gasteiger partial charge in [-0.2, -0.15) is 0 Å². The SMILES string of the molecule is CN(Cc1ccccc1F)C(=O)C(CN)c1ccccc1. The van der Waals surface area contributed by atoms with Gasteiger partial charge in [-0.05, 0) is 11.6 Å². The molecule has 0 spiro atoms. The highest BCUT2D eigenvalue weighted by Crippen LogP contribution is 2.18. The van der Waals surface area contributed by atoms with E-state index in [-0.39, 0.29) is 24.8 Å². The van der Waals surface area contributed by atoms with E-state index in [1.807, 2.05) is 30.3 Å². The number of amides is 1. The van der Waals surface area contributed by atoms with Gasteiger partial charge in [0.25, 0.3) is 0 Å². The minimum absolute atomic E-state index is 0.105. The van der Waals surface area contributed by atoms with E-state index in [4.69, 9.17) is 5.73 Å². The summed E-state index contributed by atoms with van der Waals surface area (Å²) in [7, 11) is 1.67. The lowest BCUT2D eigenvalue weighted by molar-refractivity contribution is -0.131. The molecule has 0 aliphatic carbocycles. The van der Waals surface area contributed by atoms with Gasteiger partial charge in [0.2, 0.25) is 5.91 Å². The molecule has 0 bridgehead atoms. The van der Waals surface area contributed by atoms with Crippen LogP contribution in [-0.2, 0) is 11.3 Å². The first kappa shape index (κ1) is 15.2. The number of halogens is 1. The second-order valence-corrected chi connectivity index (χ2v) is 4.98. The number of hydrogen-bond acceptors (Lipinski definition) is 2. The molecule has 0 heterocycles. The highest BCUT2D eigenvalue weighted by molar-refractivity contribution is 5.83. The van der Waals surface area contributed by atoms with Crippen LogP contribution in [0.25, 0.3) is 0 Å². The Morgan fingerprint density at radius 3 is 2.38 bits per heavy atom. The first-order valence-electron chi connectivity index (χ1n) is 6.87. The molecule has 2 aromatic carbocycles. The molecule has 0 radical (unpaired) electrons. The molecule has 0 saturated carbocycles. The van der Waals surface area contributed by atoms with E-state index < -0.39 is 5.92 Å². The molecule has 0 saturated heterocycles. The molecule has 110 valence electrons. The van der Waals surface area contributed by atoms with Crippen LogP contribution in [0, 0.1) is 5.82 Å². The second-order valence-electron chi connectivity index (χ2n) is 4.98. The Hall–Kier alpha value is -2.20. The third kappa shape index (κ3) is 3.67. The van der Waals surface area contributed by atoms with Crippen molar-refractivity contribution in [2.45, 2.75) is 12.5 Å². The van der Waals surface area contributed by atoms with Crippen molar-refractivity contribution < 1.29 is 9.18 Å². The van der Waals surface area contributed by atoms with E-state index in [2.05, 4.69) is 0 Å². The fourth-order valence-corrected chi connectivity index (χ4v) is 2.29. The maximum Gasteiger partial charge on any atom is 0.231 e. The molecule has 2 aromatic rings. The predicted molar refractivity (Wildman–Crippen MR) is 81.1 cm³/mol. The molecule has 0 aliphatic rings. The van der Waals surface area contributed by atoms with Crippen LogP contribution >= 0.6 is 0 Å². The maximum atomic E-state index is 13.7. The third-order valence-electron chi connectivity index (χ3n) is 3.48. The molecule has 0 aromatic heterocycles. The number of benzene rings is 2. The molecule has 0 aliphatic heterocycles. The van der Waals surface area contributed by atoms with Crippen molar-refractivity contribution in [2.75, 3.05) is 13.6 Å². The van der Waals surface area contributed by atoms with E-state index in [0.717, 1.165) is 5.56 Å². The first-order valence-corrected chi connectivity index (χ1v) is 6.87. The van der Waals surface area contributed by atoms with Crippen molar-refractivity contribution in [3.8, 4) is 0 Å². The Bertz CT molecular complexity index is 601. The van der Waals surface area contributed by atoms with Gasteiger partial charge in [-0.15, -0.1) is 0 Å². The molecule has 1 unspecified atom stereocenters. The van der Waals surface area contributed by atoms with Crippen molar-refractivity contribution in [3.05, 3.63) is 71.5 Å². The topological polar surface area (TPSA) is 46.3 Å². The van der Waals surface area contributed by atoms with Crippen molar-refractivity contribution in [1.29, 1.82) is 0 Å². The average molecular weight is 286 g/mol. The Balaban J connectivity index is 2.13. The van der Waals surface area contributed by atoms with Crippen molar-refractivity contribution >= 4 is 5.91 Å². The minimum Gasteiger partial charge on any atom is -0.341 e. The maximum absolute atomic E-state index is 13.7. The van der Waals surface area contributed by atoms with Crippen LogP contribution in [0.3, 0.4) is 0 Å². The molecule has 21 heavy (non-hydrogen) atoms. The summed E-state index contributed by atoms with van der Waals surface area (Å²) in [6.07, 6.45) is 0. The Morgan fingerprint density at radius 2 is 1.76 bits per heavy atom. The van der Waals surface area contributed by atoms with Crippen LogP contribution in [0.1, 0.15) is 17.0 Å². The number of likely N-dealkylation sites (N-methyl/N-ethyl adjacent to an activating group) is 1. The largest absolute Gasteiger partial charge is 0.341 e. The predicted octanol–water partition coefficient (Wildman–Crippen LogP) is 2.53. The molecule has 2 rings (SSSR count). The summed E-state index contributed by atoms with van der Waals surface area (Å²) < 4.78 is 13.7. The van der Waals surface area contributed by atoms with Gasteiger partial charge < -0.3 is 10.6 Å². The van der Waals surface area contributed by atoms with Crippen molar-refractivity contribution in [3.63, 3.8) is 0 Å². The molecule has 0 fully saturated rings. The van der Waals surface area contributed by atoms with Gasteiger partial charge in [-0.25, -0.2) is 4.39 Å². The molecule has 4 heteroatoms. The quantitative estimate of drug-likeness (QED) is 0.918. The fraction of sp³-hybridized carbons (Fsp3) is 0.235. The summed E-state index contributed by atoms with van der Waals surface area (Å²) in [5, 5.41) is 0. The summed E-state index contributed by atoms with van der Waals surface area (Å²) in [6.45, 7) is 0.458. The number of nitrogens with zero attached hydrogens (tertiary/aromatic N) is 1. The van der Waals surface area contributed by atoms with E-state index in [0.29, 0.717) is 5.56 Å². The summed E-state index contributed by atoms with van der Waals surface area (Å²) in [6, 6.07) is 15.9. The average Bonchev–Trinajstić information content (AvgIpc) is 2.51. The molecular weight excluding hydrogens is 267 g/mol. The lowest BCUT2D eigenvalue weighted by Crippen LogP contribution is -2.35. The highest BCUT2D eigenvalue weighted by atomic mass is 19.1. The number of carbonyl (C=O) groups excluding carboxylic acids is 1. The van der Waals surface area contributed by atoms with E-state index in [1.165, 1.54) is 11.0 Å². The standard InChI is InChI=1S/C17H19FN2O/c1-20(12-14-9-5-6-10-16(14)18)17(21)15(11-19)13-7-3-2-4-8-13/h2-10,15H,11-12,19H2,1H3. The van der Waals surface area contributed by atoms with Gasteiger partial charge in [0.15, 0.2) is 0 Å². The Kier molecular flexibility index (Phi) is 5.06. The van der Waals surface area contributed by atoms with Crippen LogP contribution in [0.4, 0.5) is 4.39 Å². The molecule has 3 nitrogen and oxygen atoms in total. The minimum atomic E-state index is -0.400. The van der Waals surface area contributed by atoms with Crippen LogP contribution < -0.4 is 5.73 Å². The fourth-order valence-electron chi connectivity index (χ4n) is 2.29. The van der Waals surface area contributed by atoms with Gasteiger partial charge in [0, 0.05) is 25.7 Å². The normalized spacial score (nSPS) is 12.0. The van der Waals surface area contributed by atoms with Crippen LogP contribution in [0.5, 0.6) is 0 Å². The zero-order valence-electron chi connectivity index (χ0n) is 12.0. The number of nitrogens with two attached hydrogens (primary N) is 1. The monoisotopic (exact) mass is 286 g/mol. The van der Waals surface area contributed by atoms with E-state index >= 15 is 0 Å². The first-order chi connectivity index (χ1) is 10.1. The Morgan fingerprint density at radius 1 is 1.14 bits per heavy atom. The summed E-state index contributed by atoms with van der Waals surface area (Å²) >= 11 is 0. The van der Waals surface area contributed by atoms with Gasteiger partial charge in [-0.3, -0.25) is 4.79 Å². The number of hydrogen-bond donors (Lipinski definition) is 1. The van der Waals surface area contributed by atoms with E-state index in [1.54, 1.807) is 25.2 Å². The van der Waals surface area contributed by atoms with Crippen LogP contribution in [-0.4, -0.2) is 24.4 Å². The summed E-state index contributed by atoms with van der Waals surface area (Å²) in [5.41, 5.74) is 7.12. The van der Waals surface area contributed by atoms with E-state index in [9.17, 15) is 9.18 Å². The molecule has 1 atom stereocenters. The highest BCUT2D eigenvalue weighted by Gasteiger charge is 2.22. The van der Waals surface area contributed by atoms with Crippen molar-refractivity contribution in [1.82, 2.24) is 4.90 Å². The lowest BCUT2D eigenvalue weighted by Gasteiger charge is -2.23. The zero-order valence-corrected chi connectivity index (χ0v) is 12.0. The number of rotatable bonds is 5. The van der Waals surface area contributed by atoms with Gasteiger partial charge >= 0.3 is 0 Å². The van der Waals surface area contributed by atoms with Gasteiger partial charge in [0.05, 0.1) is 5.92 Å². The second kappa shape index (κ2) is 6.99. The van der Waals surface area contributed by atoms with Gasteiger partial charge in [0.1, 0.15) is 5.82 Å². The van der Waals surface area contributed by atoms with Crippen LogP contribution in [0.15, 0.2) is 54.6 Å². The summed E-state index contributed by atoms with van der Waals surface area (Å²) in [5.74, 6) is -0.809. The summed E-state index contributed by atoms with van der Waals surface area (Å²) in [4.78, 5) is 14.0. The molecular formula is C17H19FN2O. The molecule has 2 N–H and O–H groups in total. The van der Waals surface area contributed by atoms with Crippen LogP contribution in [0.2, 0.25) is 0 Å². The van der Waals surface area contributed by atoms with Crippen molar-refractivity contribution in [2.24, 2.45) is 5.73 Å². The number of carbonyl (C=O) groups is 1. The Labute approximate surface area is 124 Å². The molecule has 1 amide bonds. The van der Waals surface area contributed by atoms with Gasteiger partial charge in [-0.1, -0.05) is 48.5 Å².